The molecule has 6 heteroatoms. The molecule has 0 saturated carbocycles. The summed E-state index contributed by atoms with van der Waals surface area (Å²) >= 11 is 6.62. The van der Waals surface area contributed by atoms with E-state index in [0.717, 1.165) is 5.56 Å². The van der Waals surface area contributed by atoms with Crippen LogP contribution >= 0.6 is 24.0 Å². The summed E-state index contributed by atoms with van der Waals surface area (Å²) < 4.78 is 9.86. The Hall–Kier alpha value is -1.40. The number of hydrogen-bond donors (Lipinski definition) is 0. The topological polar surface area (TPSA) is 52.6 Å². The van der Waals surface area contributed by atoms with Gasteiger partial charge in [-0.1, -0.05) is 42.5 Å². The molecule has 1 saturated heterocycles. The van der Waals surface area contributed by atoms with Gasteiger partial charge in [-0.15, -0.1) is 11.8 Å². The van der Waals surface area contributed by atoms with Gasteiger partial charge in [0.2, 0.25) is 5.41 Å². The van der Waals surface area contributed by atoms with Gasteiger partial charge < -0.3 is 9.47 Å². The second kappa shape index (κ2) is 5.93. The van der Waals surface area contributed by atoms with Gasteiger partial charge in [0.25, 0.3) is 0 Å². The minimum atomic E-state index is -1.48. The number of carbonyl (C=O) groups excluding carboxylic acids is 2. The van der Waals surface area contributed by atoms with Crippen molar-refractivity contribution in [3.63, 3.8) is 0 Å². The Bertz CT molecular complexity index is 525. The van der Waals surface area contributed by atoms with E-state index in [4.69, 9.17) is 21.7 Å². The molecule has 1 heterocycles. The maximum Gasteiger partial charge on any atom is 0.329 e. The number of ether oxygens (including phenoxy) is 2. The van der Waals surface area contributed by atoms with Crippen molar-refractivity contribution in [2.75, 3.05) is 14.2 Å². The molecule has 0 bridgehead atoms. The smallest absolute Gasteiger partial charge is 0.329 e. The molecule has 0 N–H and O–H groups in total. The van der Waals surface area contributed by atoms with Crippen molar-refractivity contribution < 1.29 is 19.1 Å². The first-order valence-electron chi connectivity index (χ1n) is 5.99. The second-order valence-corrected chi connectivity index (χ2v) is 6.28. The van der Waals surface area contributed by atoms with E-state index < -0.39 is 17.4 Å². The molecule has 2 rings (SSSR count). The first-order valence-corrected chi connectivity index (χ1v) is 7.28. The van der Waals surface area contributed by atoms with E-state index in [1.807, 2.05) is 30.3 Å². The fourth-order valence-electron chi connectivity index (χ4n) is 2.25. The Labute approximate surface area is 126 Å². The first-order chi connectivity index (χ1) is 9.56. The van der Waals surface area contributed by atoms with Crippen molar-refractivity contribution >= 4 is 40.1 Å². The molecule has 1 aliphatic heterocycles. The normalized spacial score (nSPS) is 20.5. The van der Waals surface area contributed by atoms with Crippen LogP contribution in [0.25, 0.3) is 0 Å². The van der Waals surface area contributed by atoms with Gasteiger partial charge in [0.1, 0.15) is 0 Å². The first kappa shape index (κ1) is 15.0. The van der Waals surface area contributed by atoms with E-state index in [9.17, 15) is 9.59 Å². The molecule has 4 nitrogen and oxygen atoms in total. The number of carbonyl (C=O) groups is 2. The summed E-state index contributed by atoms with van der Waals surface area (Å²) in [4.78, 5) is 24.2. The zero-order chi connectivity index (χ0) is 14.8. The van der Waals surface area contributed by atoms with Gasteiger partial charge in [-0.3, -0.25) is 9.59 Å². The van der Waals surface area contributed by atoms with E-state index in [1.54, 1.807) is 0 Å². The lowest BCUT2D eigenvalue weighted by atomic mass is 9.84. The van der Waals surface area contributed by atoms with Crippen LogP contribution in [0.3, 0.4) is 0 Å². The molecule has 1 unspecified atom stereocenters. The summed E-state index contributed by atoms with van der Waals surface area (Å²) in [7, 11) is 2.49. The number of thioether (sulfide) groups is 1. The Morgan fingerprint density at radius 3 is 2.25 bits per heavy atom. The summed E-state index contributed by atoms with van der Waals surface area (Å²) in [5.41, 5.74) is -0.459. The lowest BCUT2D eigenvalue weighted by molar-refractivity contribution is -0.163. The van der Waals surface area contributed by atoms with Crippen LogP contribution in [0.1, 0.15) is 17.2 Å². The molecule has 0 aliphatic carbocycles. The maximum absolute atomic E-state index is 12.1. The molecular weight excluding hydrogens is 296 g/mol. The average molecular weight is 310 g/mol. The lowest BCUT2D eigenvalue weighted by Crippen LogP contribution is -2.43. The molecule has 1 fully saturated rings. The van der Waals surface area contributed by atoms with Gasteiger partial charge in [-0.2, -0.15) is 0 Å². The number of thiocarbonyl (C=S) groups is 1. The summed E-state index contributed by atoms with van der Waals surface area (Å²) in [6.07, 6.45) is 0.264. The molecule has 1 aromatic rings. The van der Waals surface area contributed by atoms with Crippen molar-refractivity contribution in [1.82, 2.24) is 0 Å². The third-order valence-electron chi connectivity index (χ3n) is 3.33. The third kappa shape index (κ3) is 2.33. The van der Waals surface area contributed by atoms with Gasteiger partial charge in [-0.05, 0) is 12.0 Å². The van der Waals surface area contributed by atoms with Gasteiger partial charge in [0.15, 0.2) is 0 Å². The average Bonchev–Trinajstić information content (AvgIpc) is 2.85. The van der Waals surface area contributed by atoms with Crippen LogP contribution in [0.2, 0.25) is 0 Å². The number of rotatable bonds is 3. The van der Waals surface area contributed by atoms with Crippen molar-refractivity contribution in [3.8, 4) is 0 Å². The highest BCUT2D eigenvalue weighted by Gasteiger charge is 2.58. The molecule has 20 heavy (non-hydrogen) atoms. The summed E-state index contributed by atoms with van der Waals surface area (Å²) in [5.74, 6) is -1.31. The molecule has 1 aromatic carbocycles. The number of esters is 2. The summed E-state index contributed by atoms with van der Waals surface area (Å²) in [6.45, 7) is 0. The van der Waals surface area contributed by atoms with Crippen molar-refractivity contribution in [1.29, 1.82) is 0 Å². The summed E-state index contributed by atoms with van der Waals surface area (Å²) in [5, 5.41) is -0.0538. The summed E-state index contributed by atoms with van der Waals surface area (Å²) in [6, 6.07) is 9.63. The van der Waals surface area contributed by atoms with E-state index in [-0.39, 0.29) is 11.7 Å². The van der Waals surface area contributed by atoms with E-state index >= 15 is 0 Å². The molecule has 1 atom stereocenters. The number of hydrogen-bond acceptors (Lipinski definition) is 6. The molecule has 0 spiro atoms. The van der Waals surface area contributed by atoms with Crippen LogP contribution in [0, 0.1) is 5.41 Å². The zero-order valence-electron chi connectivity index (χ0n) is 11.1. The molecule has 0 amide bonds. The molecule has 0 radical (unpaired) electrons. The van der Waals surface area contributed by atoms with Gasteiger partial charge in [0.05, 0.1) is 18.4 Å². The Kier molecular flexibility index (Phi) is 4.45. The molecular formula is C14H14O4S2. The van der Waals surface area contributed by atoms with Gasteiger partial charge >= 0.3 is 11.9 Å². The SMILES string of the molecule is COC(=O)C1(C(=O)OC)CC(c2ccccc2)SC1=S. The highest BCUT2D eigenvalue weighted by Crippen LogP contribution is 2.53. The van der Waals surface area contributed by atoms with Crippen LogP contribution in [0.5, 0.6) is 0 Å². The standard InChI is InChI=1S/C14H14O4S2/c1-17-11(15)14(12(16)18-2)8-10(20-13(14)19)9-6-4-3-5-7-9/h3-7,10H,8H2,1-2H3. The quantitative estimate of drug-likeness (QED) is 0.486. The van der Waals surface area contributed by atoms with Crippen LogP contribution < -0.4 is 0 Å². The monoisotopic (exact) mass is 310 g/mol. The number of methoxy groups -OCH3 is 2. The zero-order valence-corrected chi connectivity index (χ0v) is 12.8. The minimum Gasteiger partial charge on any atom is -0.468 e. The van der Waals surface area contributed by atoms with E-state index in [0.29, 0.717) is 4.20 Å². The molecule has 0 aromatic heterocycles. The van der Waals surface area contributed by atoms with E-state index in [1.165, 1.54) is 26.0 Å². The predicted octanol–water partition coefficient (Wildman–Crippen LogP) is 2.52. The largest absolute Gasteiger partial charge is 0.468 e. The van der Waals surface area contributed by atoms with Gasteiger partial charge in [0, 0.05) is 5.25 Å². The van der Waals surface area contributed by atoms with Crippen molar-refractivity contribution in [2.45, 2.75) is 11.7 Å². The van der Waals surface area contributed by atoms with Crippen LogP contribution in [-0.2, 0) is 19.1 Å². The Morgan fingerprint density at radius 2 is 1.75 bits per heavy atom. The highest BCUT2D eigenvalue weighted by molar-refractivity contribution is 8.23. The lowest BCUT2D eigenvalue weighted by Gasteiger charge is -2.22. The Morgan fingerprint density at radius 1 is 1.20 bits per heavy atom. The third-order valence-corrected chi connectivity index (χ3v) is 5.25. The second-order valence-electron chi connectivity index (χ2n) is 4.40. The number of benzene rings is 1. The van der Waals surface area contributed by atoms with E-state index in [2.05, 4.69) is 0 Å². The van der Waals surface area contributed by atoms with Crippen molar-refractivity contribution in [2.24, 2.45) is 5.41 Å². The van der Waals surface area contributed by atoms with Crippen molar-refractivity contribution in [3.05, 3.63) is 35.9 Å². The van der Waals surface area contributed by atoms with Gasteiger partial charge in [-0.25, -0.2) is 0 Å². The van der Waals surface area contributed by atoms with Crippen LogP contribution in [0.4, 0.5) is 0 Å². The van der Waals surface area contributed by atoms with Crippen LogP contribution in [-0.4, -0.2) is 30.4 Å². The fraction of sp³-hybridized carbons (Fsp3) is 0.357. The maximum atomic E-state index is 12.1. The Balaban J connectivity index is 2.38. The molecule has 106 valence electrons. The molecule has 1 aliphatic rings. The predicted molar refractivity (Wildman–Crippen MR) is 80.5 cm³/mol. The highest BCUT2D eigenvalue weighted by atomic mass is 32.2. The fourth-order valence-corrected chi connectivity index (χ4v) is 4.19. The van der Waals surface area contributed by atoms with Crippen LogP contribution in [0.15, 0.2) is 30.3 Å². The minimum absolute atomic E-state index is 0.0538.